The molecule has 22 heavy (non-hydrogen) atoms. The van der Waals surface area contributed by atoms with E-state index in [0.717, 1.165) is 23.1 Å². The van der Waals surface area contributed by atoms with Gasteiger partial charge in [-0.25, -0.2) is 0 Å². The number of benzene rings is 1. The maximum Gasteiger partial charge on any atom is 0.306 e. The number of aryl methyl sites for hydroxylation is 1. The molecule has 0 heterocycles. The lowest BCUT2D eigenvalue weighted by Gasteiger charge is -2.14. The summed E-state index contributed by atoms with van der Waals surface area (Å²) in [6, 6.07) is 6.30. The maximum atomic E-state index is 11.8. The van der Waals surface area contributed by atoms with Crippen LogP contribution in [0.4, 0.5) is 0 Å². The summed E-state index contributed by atoms with van der Waals surface area (Å²) in [7, 11) is 0. The average molecular weight is 387 g/mol. The van der Waals surface area contributed by atoms with Crippen LogP contribution in [0.25, 0.3) is 0 Å². The van der Waals surface area contributed by atoms with Crippen LogP contribution in [0.5, 0.6) is 0 Å². The van der Waals surface area contributed by atoms with Crippen molar-refractivity contribution in [3.63, 3.8) is 0 Å². The smallest absolute Gasteiger partial charge is 0.306 e. The fraction of sp³-hybridized carbons (Fsp3) is 0.611. The van der Waals surface area contributed by atoms with Crippen LogP contribution in [0, 0.1) is 12.8 Å². The normalized spacial score (nSPS) is 12.2. The number of rotatable bonds is 10. The Morgan fingerprint density at radius 1 is 1.32 bits per heavy atom. The zero-order chi connectivity index (χ0) is 16.4. The predicted octanol–water partition coefficient (Wildman–Crippen LogP) is 6.00. The number of thioether (sulfide) groups is 1. The van der Waals surface area contributed by atoms with Crippen molar-refractivity contribution in [2.45, 2.75) is 57.8 Å². The first-order valence-corrected chi connectivity index (χ1v) is 9.88. The van der Waals surface area contributed by atoms with Gasteiger partial charge in [-0.3, -0.25) is 4.79 Å². The van der Waals surface area contributed by atoms with Crippen LogP contribution in [0.2, 0.25) is 0 Å². The van der Waals surface area contributed by atoms with Crippen molar-refractivity contribution in [3.8, 4) is 0 Å². The largest absolute Gasteiger partial charge is 0.465 e. The van der Waals surface area contributed by atoms with Crippen LogP contribution in [-0.2, 0) is 9.53 Å². The van der Waals surface area contributed by atoms with E-state index in [4.69, 9.17) is 4.74 Å². The van der Waals surface area contributed by atoms with Gasteiger partial charge in [0.25, 0.3) is 0 Å². The number of hydrogen-bond donors (Lipinski definition) is 0. The molecule has 0 aromatic heterocycles. The molecule has 0 radical (unpaired) electrons. The molecule has 0 bridgehead atoms. The molecule has 1 atom stereocenters. The fourth-order valence-corrected chi connectivity index (χ4v) is 3.96. The molecule has 4 heteroatoms. The van der Waals surface area contributed by atoms with E-state index in [1.54, 1.807) is 11.8 Å². The second-order valence-electron chi connectivity index (χ2n) is 5.66. The molecular formula is C18H27BrO2S. The lowest BCUT2D eigenvalue weighted by Crippen LogP contribution is -2.14. The number of halogens is 1. The first kappa shape index (κ1) is 19.6. The fourth-order valence-electron chi connectivity index (χ4n) is 2.22. The summed E-state index contributed by atoms with van der Waals surface area (Å²) in [6.45, 7) is 7.01. The van der Waals surface area contributed by atoms with Crippen LogP contribution in [-0.4, -0.2) is 18.3 Å². The molecule has 1 unspecified atom stereocenters. The molecule has 0 aliphatic heterocycles. The number of unbranched alkanes of at least 4 members (excludes halogenated alkanes) is 1. The zero-order valence-corrected chi connectivity index (χ0v) is 16.3. The quantitative estimate of drug-likeness (QED) is 0.364. The molecule has 124 valence electrons. The van der Waals surface area contributed by atoms with E-state index < -0.39 is 0 Å². The Bertz CT molecular complexity index is 442. The highest BCUT2D eigenvalue weighted by Gasteiger charge is 2.10. The van der Waals surface area contributed by atoms with E-state index in [2.05, 4.69) is 54.9 Å². The van der Waals surface area contributed by atoms with Crippen molar-refractivity contribution in [3.05, 3.63) is 28.2 Å². The number of carbonyl (C=O) groups excluding carboxylic acids is 1. The predicted molar refractivity (Wildman–Crippen MR) is 98.5 cm³/mol. The minimum atomic E-state index is -0.0748. The Hall–Kier alpha value is -0.480. The number of ether oxygens (including phenoxy) is 1. The molecule has 0 aliphatic rings. The van der Waals surface area contributed by atoms with Crippen LogP contribution in [0.15, 0.2) is 27.6 Å². The highest BCUT2D eigenvalue weighted by molar-refractivity contribution is 9.10. The van der Waals surface area contributed by atoms with Crippen molar-refractivity contribution < 1.29 is 9.53 Å². The minimum Gasteiger partial charge on any atom is -0.465 e. The molecule has 1 rings (SSSR count). The standard InChI is InChI=1S/C18H27BrO2S/c1-4-6-7-15(5-2)13-21-18(20)8-9-22-17-11-14(3)10-16(19)12-17/h10-12,15H,4-9,13H2,1-3H3. The third-order valence-electron chi connectivity index (χ3n) is 3.61. The van der Waals surface area contributed by atoms with Gasteiger partial charge < -0.3 is 4.74 Å². The van der Waals surface area contributed by atoms with Crippen molar-refractivity contribution >= 4 is 33.7 Å². The van der Waals surface area contributed by atoms with Gasteiger partial charge in [-0.05, 0) is 43.0 Å². The van der Waals surface area contributed by atoms with Crippen LogP contribution < -0.4 is 0 Å². The zero-order valence-electron chi connectivity index (χ0n) is 13.9. The van der Waals surface area contributed by atoms with Gasteiger partial charge in [0.05, 0.1) is 13.0 Å². The first-order valence-electron chi connectivity index (χ1n) is 8.10. The summed E-state index contributed by atoms with van der Waals surface area (Å²) in [6.07, 6.45) is 5.13. The Kier molecular flexibility index (Phi) is 9.89. The maximum absolute atomic E-state index is 11.8. The van der Waals surface area contributed by atoms with Crippen molar-refractivity contribution in [1.29, 1.82) is 0 Å². The number of esters is 1. The van der Waals surface area contributed by atoms with Gasteiger partial charge in [0.15, 0.2) is 0 Å². The van der Waals surface area contributed by atoms with Gasteiger partial charge in [0.1, 0.15) is 0 Å². The van der Waals surface area contributed by atoms with Gasteiger partial charge in [-0.2, -0.15) is 0 Å². The molecule has 2 nitrogen and oxygen atoms in total. The van der Waals surface area contributed by atoms with Gasteiger partial charge in [0, 0.05) is 15.1 Å². The molecule has 0 amide bonds. The lowest BCUT2D eigenvalue weighted by atomic mass is 10.0. The monoisotopic (exact) mass is 386 g/mol. The lowest BCUT2D eigenvalue weighted by molar-refractivity contribution is -0.144. The summed E-state index contributed by atoms with van der Waals surface area (Å²) >= 11 is 5.20. The second-order valence-corrected chi connectivity index (χ2v) is 7.75. The highest BCUT2D eigenvalue weighted by atomic mass is 79.9. The van der Waals surface area contributed by atoms with Gasteiger partial charge in [0.2, 0.25) is 0 Å². The van der Waals surface area contributed by atoms with E-state index in [0.29, 0.717) is 18.9 Å². The second kappa shape index (κ2) is 11.1. The molecule has 0 spiro atoms. The minimum absolute atomic E-state index is 0.0748. The Morgan fingerprint density at radius 3 is 2.73 bits per heavy atom. The number of carbonyl (C=O) groups is 1. The molecule has 0 N–H and O–H groups in total. The topological polar surface area (TPSA) is 26.3 Å². The summed E-state index contributed by atoms with van der Waals surface area (Å²) in [4.78, 5) is 13.0. The van der Waals surface area contributed by atoms with Crippen molar-refractivity contribution in [1.82, 2.24) is 0 Å². The van der Waals surface area contributed by atoms with E-state index >= 15 is 0 Å². The summed E-state index contributed by atoms with van der Waals surface area (Å²) in [5, 5.41) is 0. The van der Waals surface area contributed by atoms with Crippen LogP contribution in [0.1, 0.15) is 51.5 Å². The van der Waals surface area contributed by atoms with Gasteiger partial charge in [-0.1, -0.05) is 49.0 Å². The summed E-state index contributed by atoms with van der Waals surface area (Å²) in [5.41, 5.74) is 1.22. The Morgan fingerprint density at radius 2 is 2.09 bits per heavy atom. The molecular weight excluding hydrogens is 360 g/mol. The SMILES string of the molecule is CCCCC(CC)COC(=O)CCSc1cc(C)cc(Br)c1. The Balaban J connectivity index is 2.25. The van der Waals surface area contributed by atoms with E-state index in [-0.39, 0.29) is 5.97 Å². The molecule has 1 aromatic carbocycles. The van der Waals surface area contributed by atoms with Crippen molar-refractivity contribution in [2.75, 3.05) is 12.4 Å². The molecule has 1 aromatic rings. The molecule has 0 saturated heterocycles. The first-order chi connectivity index (χ1) is 10.5. The molecule has 0 aliphatic carbocycles. The molecule has 0 saturated carbocycles. The van der Waals surface area contributed by atoms with E-state index in [1.807, 2.05) is 0 Å². The van der Waals surface area contributed by atoms with Crippen LogP contribution in [0.3, 0.4) is 0 Å². The summed E-state index contributed by atoms with van der Waals surface area (Å²) < 4.78 is 6.50. The Labute approximate surface area is 147 Å². The average Bonchev–Trinajstić information content (AvgIpc) is 2.46. The van der Waals surface area contributed by atoms with Gasteiger partial charge >= 0.3 is 5.97 Å². The number of hydrogen-bond acceptors (Lipinski definition) is 3. The van der Waals surface area contributed by atoms with Crippen LogP contribution >= 0.6 is 27.7 Å². The highest BCUT2D eigenvalue weighted by Crippen LogP contribution is 2.24. The van der Waals surface area contributed by atoms with E-state index in [1.165, 1.54) is 23.3 Å². The molecule has 0 fully saturated rings. The third kappa shape index (κ3) is 8.23. The van der Waals surface area contributed by atoms with E-state index in [9.17, 15) is 4.79 Å². The summed E-state index contributed by atoms with van der Waals surface area (Å²) in [5.74, 6) is 1.21. The van der Waals surface area contributed by atoms with Crippen molar-refractivity contribution in [2.24, 2.45) is 5.92 Å². The third-order valence-corrected chi connectivity index (χ3v) is 5.05. The van der Waals surface area contributed by atoms with Gasteiger partial charge in [-0.15, -0.1) is 11.8 Å².